The fourth-order valence-electron chi connectivity index (χ4n) is 1.92. The molecule has 5 heteroatoms. The number of carbonyl (C=O) groups excluding carboxylic acids is 1. The van der Waals surface area contributed by atoms with Gasteiger partial charge in [-0.1, -0.05) is 13.8 Å². The molecule has 5 nitrogen and oxygen atoms in total. The molecule has 0 spiro atoms. The van der Waals surface area contributed by atoms with Gasteiger partial charge in [0, 0.05) is 37.8 Å². The maximum absolute atomic E-state index is 11.6. The van der Waals surface area contributed by atoms with Gasteiger partial charge in [0.1, 0.15) is 0 Å². The summed E-state index contributed by atoms with van der Waals surface area (Å²) >= 11 is 0. The minimum absolute atomic E-state index is 0.0411. The SMILES string of the molecule is CC1(C)CN(C(=O)/C=C/C(=O)O)C[C@@H]1CO. The Balaban J connectivity index is 2.65. The molecule has 1 atom stereocenters. The van der Waals surface area contributed by atoms with Gasteiger partial charge in [0.15, 0.2) is 0 Å². The van der Waals surface area contributed by atoms with Crippen LogP contribution in [0.5, 0.6) is 0 Å². The van der Waals surface area contributed by atoms with E-state index < -0.39 is 5.97 Å². The number of carboxylic acid groups (broad SMARTS) is 1. The monoisotopic (exact) mass is 227 g/mol. The second-order valence-corrected chi connectivity index (χ2v) is 4.76. The Morgan fingerprint density at radius 3 is 2.50 bits per heavy atom. The van der Waals surface area contributed by atoms with Crippen LogP contribution in [0.3, 0.4) is 0 Å². The molecule has 90 valence electrons. The lowest BCUT2D eigenvalue weighted by atomic mass is 9.83. The normalized spacial score (nSPS) is 23.9. The van der Waals surface area contributed by atoms with E-state index in [1.807, 2.05) is 13.8 Å². The predicted molar refractivity (Wildman–Crippen MR) is 57.7 cm³/mol. The molecule has 1 amide bonds. The quantitative estimate of drug-likeness (QED) is 0.670. The minimum Gasteiger partial charge on any atom is -0.478 e. The van der Waals surface area contributed by atoms with E-state index in [-0.39, 0.29) is 23.8 Å². The second-order valence-electron chi connectivity index (χ2n) is 4.76. The zero-order chi connectivity index (χ0) is 12.3. The minimum atomic E-state index is -1.13. The van der Waals surface area contributed by atoms with Crippen molar-refractivity contribution in [3.8, 4) is 0 Å². The van der Waals surface area contributed by atoms with Crippen molar-refractivity contribution in [2.24, 2.45) is 11.3 Å². The van der Waals surface area contributed by atoms with Crippen molar-refractivity contribution >= 4 is 11.9 Å². The second kappa shape index (κ2) is 4.65. The summed E-state index contributed by atoms with van der Waals surface area (Å²) in [6, 6.07) is 0. The molecule has 1 heterocycles. The summed E-state index contributed by atoms with van der Waals surface area (Å²) in [5.74, 6) is -1.40. The summed E-state index contributed by atoms with van der Waals surface area (Å²) in [6.45, 7) is 5.04. The molecule has 1 fully saturated rings. The topological polar surface area (TPSA) is 77.8 Å². The maximum atomic E-state index is 11.6. The van der Waals surface area contributed by atoms with Crippen LogP contribution in [0.15, 0.2) is 12.2 Å². The van der Waals surface area contributed by atoms with Gasteiger partial charge < -0.3 is 15.1 Å². The van der Waals surface area contributed by atoms with Crippen LogP contribution in [0.25, 0.3) is 0 Å². The van der Waals surface area contributed by atoms with Crippen LogP contribution in [0, 0.1) is 11.3 Å². The molecule has 0 radical (unpaired) electrons. The Hall–Kier alpha value is -1.36. The number of aliphatic carboxylic acids is 1. The van der Waals surface area contributed by atoms with Gasteiger partial charge in [0.2, 0.25) is 5.91 Å². The van der Waals surface area contributed by atoms with E-state index in [2.05, 4.69) is 0 Å². The van der Waals surface area contributed by atoms with Gasteiger partial charge in [0.25, 0.3) is 0 Å². The zero-order valence-electron chi connectivity index (χ0n) is 9.51. The highest BCUT2D eigenvalue weighted by atomic mass is 16.4. The van der Waals surface area contributed by atoms with Crippen molar-refractivity contribution in [2.45, 2.75) is 13.8 Å². The van der Waals surface area contributed by atoms with Gasteiger partial charge in [-0.3, -0.25) is 4.79 Å². The van der Waals surface area contributed by atoms with Crippen LogP contribution in [0.2, 0.25) is 0 Å². The third kappa shape index (κ3) is 2.82. The number of amides is 1. The Labute approximate surface area is 94.4 Å². The number of aliphatic hydroxyl groups excluding tert-OH is 1. The number of hydrogen-bond acceptors (Lipinski definition) is 3. The molecular formula is C11H17NO4. The van der Waals surface area contributed by atoms with Gasteiger partial charge in [-0.2, -0.15) is 0 Å². The van der Waals surface area contributed by atoms with Crippen molar-refractivity contribution in [3.63, 3.8) is 0 Å². The van der Waals surface area contributed by atoms with Crippen LogP contribution in [0.4, 0.5) is 0 Å². The molecule has 1 aliphatic heterocycles. The molecule has 0 aliphatic carbocycles. The number of aliphatic hydroxyl groups is 1. The molecule has 16 heavy (non-hydrogen) atoms. The van der Waals surface area contributed by atoms with Gasteiger partial charge in [-0.25, -0.2) is 4.79 Å². The lowest BCUT2D eigenvalue weighted by Gasteiger charge is -2.23. The smallest absolute Gasteiger partial charge is 0.328 e. The molecule has 1 rings (SSSR count). The summed E-state index contributed by atoms with van der Waals surface area (Å²) in [5.41, 5.74) is -0.124. The largest absolute Gasteiger partial charge is 0.478 e. The van der Waals surface area contributed by atoms with Crippen LogP contribution in [-0.4, -0.2) is 46.7 Å². The maximum Gasteiger partial charge on any atom is 0.328 e. The summed E-state index contributed by atoms with van der Waals surface area (Å²) in [7, 11) is 0. The lowest BCUT2D eigenvalue weighted by molar-refractivity contribution is -0.132. The fourth-order valence-corrected chi connectivity index (χ4v) is 1.92. The average molecular weight is 227 g/mol. The van der Waals surface area contributed by atoms with Crippen LogP contribution < -0.4 is 0 Å². The molecule has 0 bridgehead atoms. The van der Waals surface area contributed by atoms with E-state index >= 15 is 0 Å². The predicted octanol–water partition coefficient (Wildman–Crippen LogP) is 0.104. The first-order chi connectivity index (χ1) is 7.36. The summed E-state index contributed by atoms with van der Waals surface area (Å²) in [5, 5.41) is 17.6. The lowest BCUT2D eigenvalue weighted by Crippen LogP contribution is -2.28. The molecule has 0 unspecified atom stereocenters. The number of likely N-dealkylation sites (tertiary alicyclic amines) is 1. The zero-order valence-corrected chi connectivity index (χ0v) is 9.51. The third-order valence-corrected chi connectivity index (χ3v) is 3.04. The van der Waals surface area contributed by atoms with Crippen molar-refractivity contribution in [1.29, 1.82) is 0 Å². The van der Waals surface area contributed by atoms with Crippen molar-refractivity contribution in [2.75, 3.05) is 19.7 Å². The Bertz CT molecular complexity index is 322. The van der Waals surface area contributed by atoms with Crippen LogP contribution in [-0.2, 0) is 9.59 Å². The summed E-state index contributed by atoms with van der Waals surface area (Å²) < 4.78 is 0. The Morgan fingerprint density at radius 2 is 2.06 bits per heavy atom. The first kappa shape index (κ1) is 12.7. The highest BCUT2D eigenvalue weighted by Crippen LogP contribution is 2.34. The number of carboxylic acids is 1. The molecular weight excluding hydrogens is 210 g/mol. The van der Waals surface area contributed by atoms with Gasteiger partial charge >= 0.3 is 5.97 Å². The van der Waals surface area contributed by atoms with E-state index in [9.17, 15) is 9.59 Å². The first-order valence-electron chi connectivity index (χ1n) is 5.17. The molecule has 0 aromatic heterocycles. The van der Waals surface area contributed by atoms with Crippen LogP contribution in [0.1, 0.15) is 13.8 Å². The number of carbonyl (C=O) groups is 2. The first-order valence-corrected chi connectivity index (χ1v) is 5.17. The number of rotatable bonds is 3. The molecule has 0 saturated carbocycles. The highest BCUT2D eigenvalue weighted by molar-refractivity contribution is 5.94. The summed E-state index contributed by atoms with van der Waals surface area (Å²) in [4.78, 5) is 23.4. The molecule has 1 saturated heterocycles. The molecule has 2 N–H and O–H groups in total. The standard InChI is InChI=1S/C11H17NO4/c1-11(2)7-12(5-8(11)6-13)9(14)3-4-10(15)16/h3-4,8,13H,5-7H2,1-2H3,(H,15,16)/b4-3+/t8-/m1/s1. The van der Waals surface area contributed by atoms with E-state index in [1.165, 1.54) is 0 Å². The van der Waals surface area contributed by atoms with Gasteiger partial charge in [-0.05, 0) is 5.41 Å². The Kier molecular flexibility index (Phi) is 3.70. The highest BCUT2D eigenvalue weighted by Gasteiger charge is 2.40. The van der Waals surface area contributed by atoms with Gasteiger partial charge in [0.05, 0.1) is 0 Å². The molecule has 1 aliphatic rings. The van der Waals surface area contributed by atoms with Gasteiger partial charge in [-0.15, -0.1) is 0 Å². The fraction of sp³-hybridized carbons (Fsp3) is 0.636. The van der Waals surface area contributed by atoms with Crippen molar-refractivity contribution < 1.29 is 19.8 Å². The van der Waals surface area contributed by atoms with E-state index in [4.69, 9.17) is 10.2 Å². The number of nitrogens with zero attached hydrogens (tertiary/aromatic N) is 1. The van der Waals surface area contributed by atoms with E-state index in [1.54, 1.807) is 4.90 Å². The Morgan fingerprint density at radius 1 is 1.44 bits per heavy atom. The van der Waals surface area contributed by atoms with Crippen molar-refractivity contribution in [1.82, 2.24) is 4.90 Å². The average Bonchev–Trinajstić information content (AvgIpc) is 2.49. The molecule has 0 aromatic rings. The third-order valence-electron chi connectivity index (χ3n) is 3.04. The molecule has 0 aromatic carbocycles. The number of hydrogen-bond donors (Lipinski definition) is 2. The van der Waals surface area contributed by atoms with E-state index in [0.717, 1.165) is 12.2 Å². The van der Waals surface area contributed by atoms with Crippen molar-refractivity contribution in [3.05, 3.63) is 12.2 Å². The van der Waals surface area contributed by atoms with Crippen LogP contribution >= 0.6 is 0 Å². The summed E-state index contributed by atoms with van der Waals surface area (Å²) in [6.07, 6.45) is 1.89. The van der Waals surface area contributed by atoms with E-state index in [0.29, 0.717) is 13.1 Å².